The van der Waals surface area contributed by atoms with E-state index in [1.165, 1.54) is 29.1 Å². The van der Waals surface area contributed by atoms with Crippen LogP contribution >= 0.6 is 23.2 Å². The third-order valence-corrected chi connectivity index (χ3v) is 10.5. The van der Waals surface area contributed by atoms with E-state index in [1.54, 1.807) is 11.6 Å². The normalized spacial score (nSPS) is 12.8. The highest BCUT2D eigenvalue weighted by Crippen LogP contribution is 2.29. The predicted molar refractivity (Wildman–Crippen MR) is 185 cm³/mol. The molecule has 0 saturated carbocycles. The minimum atomic E-state index is -3.18. The highest BCUT2D eigenvalue weighted by atomic mass is 35.5. The summed E-state index contributed by atoms with van der Waals surface area (Å²) in [5.41, 5.74) is 2.32. The number of sulfone groups is 1. The van der Waals surface area contributed by atoms with Crippen molar-refractivity contribution < 1.29 is 27.1 Å². The molecule has 260 valence electrons. The number of alkyl halides is 2. The van der Waals surface area contributed by atoms with Gasteiger partial charge in [0.15, 0.2) is 0 Å². The molecule has 17 heteroatoms. The first-order valence-corrected chi connectivity index (χ1v) is 22.0. The lowest BCUT2D eigenvalue weighted by molar-refractivity contribution is -0.118. The highest BCUT2D eigenvalue weighted by Gasteiger charge is 2.25. The van der Waals surface area contributed by atoms with Crippen LogP contribution in [0.25, 0.3) is 11.1 Å². The molecule has 3 aromatic rings. The third kappa shape index (κ3) is 12.3. The molecule has 1 atom stereocenters. The van der Waals surface area contributed by atoms with Crippen LogP contribution in [0.2, 0.25) is 25.7 Å². The van der Waals surface area contributed by atoms with Gasteiger partial charge in [-0.3, -0.25) is 14.3 Å². The van der Waals surface area contributed by atoms with Gasteiger partial charge in [0.2, 0.25) is 11.9 Å². The number of rotatable bonds is 18. The monoisotopic (exact) mass is 731 g/mol. The molecule has 12 nitrogen and oxygen atoms in total. The molecule has 2 amide bonds. The standard InChI is InChI=1S/C30H44Cl2FN7O5SSi/c1-20-27(21(2)40(38-20)19-45-16-18-47(4,5)6)22-11-12-26(36-28(22)33)37-29(41)23(9-7-10-25(31)32)35-30(42)24-13-14-34-39(24)15-8-17-46(3,43)44/h11-14,23,25H,7-10,15-19H2,1-6H3,(H,35,42)(H,36,37,41)/t23-/m0/s1. The maximum Gasteiger partial charge on any atom is 0.270 e. The Balaban J connectivity index is 1.73. The summed E-state index contributed by atoms with van der Waals surface area (Å²) < 4.78 is 47.3. The van der Waals surface area contributed by atoms with Gasteiger partial charge in [0.25, 0.3) is 5.91 Å². The Hall–Kier alpha value is -2.85. The van der Waals surface area contributed by atoms with Gasteiger partial charge in [0, 0.05) is 50.5 Å². The zero-order valence-corrected chi connectivity index (χ0v) is 31.0. The van der Waals surface area contributed by atoms with Crippen LogP contribution in [0.3, 0.4) is 0 Å². The van der Waals surface area contributed by atoms with Gasteiger partial charge in [-0.05, 0) is 63.8 Å². The molecule has 0 bridgehead atoms. The molecule has 0 fully saturated rings. The number of aromatic nitrogens is 5. The largest absolute Gasteiger partial charge is 0.360 e. The van der Waals surface area contributed by atoms with Crippen LogP contribution in [0.4, 0.5) is 10.2 Å². The highest BCUT2D eigenvalue weighted by molar-refractivity contribution is 7.90. The number of hydrogen-bond donors (Lipinski definition) is 2. The number of carbonyl (C=O) groups excluding carboxylic acids is 2. The first kappa shape index (κ1) is 38.6. The lowest BCUT2D eigenvalue weighted by atomic mass is 10.1. The number of pyridine rings is 1. The first-order valence-electron chi connectivity index (χ1n) is 15.3. The van der Waals surface area contributed by atoms with E-state index >= 15 is 4.39 Å². The summed E-state index contributed by atoms with van der Waals surface area (Å²) in [6.45, 7) is 11.5. The van der Waals surface area contributed by atoms with Gasteiger partial charge < -0.3 is 15.4 Å². The van der Waals surface area contributed by atoms with Gasteiger partial charge in [0.1, 0.15) is 39.0 Å². The van der Waals surface area contributed by atoms with Crippen molar-refractivity contribution in [2.24, 2.45) is 0 Å². The van der Waals surface area contributed by atoms with E-state index in [-0.39, 0.29) is 48.9 Å². The number of hydrogen-bond acceptors (Lipinski definition) is 8. The molecule has 0 aliphatic carbocycles. The third-order valence-electron chi connectivity index (χ3n) is 7.33. The predicted octanol–water partition coefficient (Wildman–Crippen LogP) is 5.36. The fraction of sp³-hybridized carbons (Fsp3) is 0.567. The van der Waals surface area contributed by atoms with E-state index in [4.69, 9.17) is 27.9 Å². The fourth-order valence-corrected chi connectivity index (χ4v) is 6.52. The van der Waals surface area contributed by atoms with Gasteiger partial charge >= 0.3 is 0 Å². The van der Waals surface area contributed by atoms with Crippen LogP contribution in [-0.4, -0.2) is 82.3 Å². The topological polar surface area (TPSA) is 150 Å². The van der Waals surface area contributed by atoms with E-state index in [0.717, 1.165) is 18.0 Å². The van der Waals surface area contributed by atoms with E-state index in [2.05, 4.69) is 45.5 Å². The van der Waals surface area contributed by atoms with E-state index in [1.807, 2.05) is 6.92 Å². The van der Waals surface area contributed by atoms with Crippen molar-refractivity contribution >= 4 is 58.7 Å². The fourth-order valence-electron chi connectivity index (χ4n) is 4.80. The maximum atomic E-state index is 15.4. The molecule has 0 spiro atoms. The zero-order valence-electron chi connectivity index (χ0n) is 27.6. The second-order valence-corrected chi connectivity index (χ2v) is 21.8. The summed E-state index contributed by atoms with van der Waals surface area (Å²) in [5, 5.41) is 13.9. The van der Waals surface area contributed by atoms with Crippen molar-refractivity contribution in [2.45, 2.75) is 89.4 Å². The summed E-state index contributed by atoms with van der Waals surface area (Å²) in [5.74, 6) is -2.09. The smallest absolute Gasteiger partial charge is 0.270 e. The Morgan fingerprint density at radius 1 is 1.09 bits per heavy atom. The quantitative estimate of drug-likeness (QED) is 0.0769. The lowest BCUT2D eigenvalue weighted by Gasteiger charge is -2.19. The van der Waals surface area contributed by atoms with Crippen molar-refractivity contribution in [3.8, 4) is 11.1 Å². The van der Waals surface area contributed by atoms with Crippen molar-refractivity contribution in [1.82, 2.24) is 29.9 Å². The molecule has 0 unspecified atom stereocenters. The SMILES string of the molecule is Cc1nn(COCC[Si](C)(C)C)c(C)c1-c1ccc(NC(=O)[C@H](CCCC(Cl)Cl)NC(=O)c2ccnn2CCCS(C)(=O)=O)nc1F. The average molecular weight is 733 g/mol. The molecule has 3 aromatic heterocycles. The molecule has 0 saturated heterocycles. The summed E-state index contributed by atoms with van der Waals surface area (Å²) in [6.07, 6.45) is 3.79. The van der Waals surface area contributed by atoms with Gasteiger partial charge in [-0.25, -0.2) is 18.1 Å². The Bertz CT molecular complexity index is 1640. The second-order valence-electron chi connectivity index (χ2n) is 12.7. The summed E-state index contributed by atoms with van der Waals surface area (Å²) >= 11 is 11.7. The number of aryl methyl sites for hydroxylation is 2. The minimum absolute atomic E-state index is 0.0359. The minimum Gasteiger partial charge on any atom is -0.360 e. The molecule has 0 aromatic carbocycles. The molecule has 0 aliphatic rings. The van der Waals surface area contributed by atoms with Crippen molar-refractivity contribution in [3.63, 3.8) is 0 Å². The molecule has 3 heterocycles. The summed E-state index contributed by atoms with van der Waals surface area (Å²) in [4.78, 5) is 29.9. The Morgan fingerprint density at radius 2 is 1.81 bits per heavy atom. The Kier molecular flexibility index (Phi) is 14.0. The van der Waals surface area contributed by atoms with E-state index in [0.29, 0.717) is 30.7 Å². The molecular weight excluding hydrogens is 688 g/mol. The number of carbonyl (C=O) groups is 2. The van der Waals surface area contributed by atoms with Crippen LogP contribution in [-0.2, 0) is 32.6 Å². The molecule has 0 radical (unpaired) electrons. The number of nitrogens with one attached hydrogen (secondary N) is 2. The van der Waals surface area contributed by atoms with Crippen LogP contribution in [0.1, 0.15) is 47.6 Å². The van der Waals surface area contributed by atoms with Gasteiger partial charge in [0.05, 0.1) is 11.4 Å². The van der Waals surface area contributed by atoms with Crippen LogP contribution in [0.15, 0.2) is 24.4 Å². The first-order chi connectivity index (χ1) is 21.9. The maximum absolute atomic E-state index is 15.4. The second kappa shape index (κ2) is 17.0. The number of halogens is 3. The molecule has 2 N–H and O–H groups in total. The van der Waals surface area contributed by atoms with Crippen molar-refractivity contribution in [1.29, 1.82) is 0 Å². The Labute approximate surface area is 286 Å². The molecule has 3 rings (SSSR count). The molecule has 47 heavy (non-hydrogen) atoms. The number of ether oxygens (including phenoxy) is 1. The van der Waals surface area contributed by atoms with Gasteiger partial charge in [-0.15, -0.1) is 23.2 Å². The van der Waals surface area contributed by atoms with E-state index < -0.39 is 46.6 Å². The van der Waals surface area contributed by atoms with Crippen molar-refractivity contribution in [3.05, 3.63) is 47.4 Å². The molecule has 0 aliphatic heterocycles. The average Bonchev–Trinajstić information content (AvgIpc) is 3.53. The van der Waals surface area contributed by atoms with Crippen LogP contribution < -0.4 is 10.6 Å². The molecular formula is C30H44Cl2FN7O5SSi. The summed E-state index contributed by atoms with van der Waals surface area (Å²) in [6, 6.07) is 4.47. The number of anilines is 1. The number of amides is 2. The zero-order chi connectivity index (χ0) is 34.9. The van der Waals surface area contributed by atoms with Gasteiger partial charge in [-0.1, -0.05) is 19.6 Å². The van der Waals surface area contributed by atoms with Crippen molar-refractivity contribution in [2.75, 3.05) is 23.9 Å². The Morgan fingerprint density at radius 3 is 2.45 bits per heavy atom. The summed E-state index contributed by atoms with van der Waals surface area (Å²) in [7, 11) is -4.42. The number of nitrogens with zero attached hydrogens (tertiary/aromatic N) is 5. The van der Waals surface area contributed by atoms with Crippen LogP contribution in [0, 0.1) is 19.8 Å². The van der Waals surface area contributed by atoms with Gasteiger partial charge in [-0.2, -0.15) is 14.6 Å². The van der Waals surface area contributed by atoms with Crippen LogP contribution in [0.5, 0.6) is 0 Å². The van der Waals surface area contributed by atoms with E-state index in [9.17, 15) is 18.0 Å². The lowest BCUT2D eigenvalue weighted by Crippen LogP contribution is -2.44.